The molecule has 4 aromatic rings. The highest BCUT2D eigenvalue weighted by Gasteiger charge is 2.36. The van der Waals surface area contributed by atoms with Gasteiger partial charge in [-0.05, 0) is 98.6 Å². The Balaban J connectivity index is 1.35. The quantitative estimate of drug-likeness (QED) is 0.116. The topological polar surface area (TPSA) is 107 Å². The van der Waals surface area contributed by atoms with E-state index in [1.807, 2.05) is 10.7 Å². The van der Waals surface area contributed by atoms with Crippen molar-refractivity contribution in [2.75, 3.05) is 40.0 Å². The van der Waals surface area contributed by atoms with E-state index in [1.54, 1.807) is 17.0 Å². The number of methoxy groups -OCH3 is 1. The molecule has 5 heterocycles. The number of hydrogen-bond acceptors (Lipinski definition) is 7. The molecule has 7 rings (SSSR count). The number of carbonyl (C=O) groups is 1. The van der Waals surface area contributed by atoms with Gasteiger partial charge in [-0.15, -0.1) is 0 Å². The lowest BCUT2D eigenvalue weighted by Gasteiger charge is -2.35. The van der Waals surface area contributed by atoms with Gasteiger partial charge in [-0.1, -0.05) is 32.6 Å². The number of imidazole rings is 1. The van der Waals surface area contributed by atoms with Gasteiger partial charge in [0.2, 0.25) is 0 Å². The van der Waals surface area contributed by atoms with E-state index in [0.29, 0.717) is 44.1 Å². The van der Waals surface area contributed by atoms with E-state index in [1.165, 1.54) is 7.11 Å². The molecule has 0 radical (unpaired) electrons. The molecule has 3 aliphatic heterocycles. The van der Waals surface area contributed by atoms with Crippen LogP contribution in [0.15, 0.2) is 30.3 Å². The summed E-state index contributed by atoms with van der Waals surface area (Å²) < 4.78 is 37.1. The molecule has 13 heteroatoms. The molecule has 52 heavy (non-hydrogen) atoms. The maximum absolute atomic E-state index is 15.1. The largest absolute Gasteiger partial charge is 0.494 e. The Kier molecular flexibility index (Phi) is 10.8. The van der Waals surface area contributed by atoms with Crippen LogP contribution in [0, 0.1) is 5.82 Å². The van der Waals surface area contributed by atoms with E-state index in [2.05, 4.69) is 48.2 Å². The van der Waals surface area contributed by atoms with Gasteiger partial charge in [0.25, 0.3) is 0 Å². The highest BCUT2D eigenvalue weighted by atomic mass is 28.3. The molecule has 2 fully saturated rings. The van der Waals surface area contributed by atoms with Gasteiger partial charge >= 0.3 is 6.09 Å². The van der Waals surface area contributed by atoms with Gasteiger partial charge in [-0.2, -0.15) is 5.10 Å². The van der Waals surface area contributed by atoms with Gasteiger partial charge < -0.3 is 28.8 Å². The number of likely N-dealkylation sites (tertiary alicyclic amines) is 1. The van der Waals surface area contributed by atoms with E-state index in [-0.39, 0.29) is 31.3 Å². The number of fused-ring (bicyclic) bond motifs is 2. The van der Waals surface area contributed by atoms with E-state index >= 15 is 4.39 Å². The molecule has 2 saturated heterocycles. The first-order chi connectivity index (χ1) is 25.0. The third-order valence-corrected chi connectivity index (χ3v) is 12.6. The van der Waals surface area contributed by atoms with Crippen LogP contribution in [0.3, 0.4) is 0 Å². The van der Waals surface area contributed by atoms with Crippen molar-refractivity contribution in [3.63, 3.8) is 0 Å². The van der Waals surface area contributed by atoms with Crippen LogP contribution in [-0.4, -0.2) is 94.4 Å². The first-order valence-electron chi connectivity index (χ1n) is 18.9. The Labute approximate surface area is 306 Å². The molecular weight excluding hydrogens is 680 g/mol. The summed E-state index contributed by atoms with van der Waals surface area (Å²) in [5.74, 6) is 0.499. The van der Waals surface area contributed by atoms with Crippen molar-refractivity contribution >= 4 is 25.1 Å². The van der Waals surface area contributed by atoms with Crippen molar-refractivity contribution in [2.45, 2.75) is 103 Å². The van der Waals surface area contributed by atoms with Gasteiger partial charge in [-0.3, -0.25) is 4.90 Å². The van der Waals surface area contributed by atoms with E-state index in [0.717, 1.165) is 90.2 Å². The number of hydrogen-bond donors (Lipinski definition) is 1. The summed E-state index contributed by atoms with van der Waals surface area (Å²) in [5, 5.41) is 16.6. The van der Waals surface area contributed by atoms with Crippen LogP contribution in [0.1, 0.15) is 62.2 Å². The zero-order valence-corrected chi connectivity index (χ0v) is 32.3. The van der Waals surface area contributed by atoms with Crippen LogP contribution in [-0.2, 0) is 35.6 Å². The molecule has 0 spiro atoms. The number of ether oxygens (including phenoxy) is 3. The summed E-state index contributed by atoms with van der Waals surface area (Å²) >= 11 is 0. The zero-order valence-electron chi connectivity index (χ0n) is 31.3. The number of carboxylic acid groups (broad SMARTS) is 1. The lowest BCUT2D eigenvalue weighted by molar-refractivity contribution is -0.0365. The average molecular weight is 733 g/mol. The first kappa shape index (κ1) is 36.6. The van der Waals surface area contributed by atoms with Gasteiger partial charge in [0.15, 0.2) is 23.6 Å². The molecule has 1 N–H and O–H groups in total. The Morgan fingerprint density at radius 3 is 2.62 bits per heavy atom. The second kappa shape index (κ2) is 15.3. The second-order valence-corrected chi connectivity index (χ2v) is 21.3. The third kappa shape index (κ3) is 7.50. The summed E-state index contributed by atoms with van der Waals surface area (Å²) in [6, 6.07) is 10.3. The fourth-order valence-electron chi connectivity index (χ4n) is 7.92. The number of aryl methyl sites for hydroxylation is 1. The highest BCUT2D eigenvalue weighted by molar-refractivity contribution is 6.76. The van der Waals surface area contributed by atoms with Crippen LogP contribution in [0.4, 0.5) is 9.18 Å². The Hall–Kier alpha value is -3.78. The molecule has 1 amide bonds. The normalized spacial score (nSPS) is 19.8. The number of halogens is 1. The molecule has 0 aliphatic carbocycles. The molecular formula is C39H53FN6O5Si. The second-order valence-electron chi connectivity index (χ2n) is 15.7. The zero-order chi connectivity index (χ0) is 36.6. The third-order valence-electron chi connectivity index (χ3n) is 10.9. The van der Waals surface area contributed by atoms with E-state index in [9.17, 15) is 9.90 Å². The first-order valence-corrected chi connectivity index (χ1v) is 22.6. The van der Waals surface area contributed by atoms with E-state index < -0.39 is 20.0 Å². The molecule has 2 aromatic carbocycles. The van der Waals surface area contributed by atoms with Crippen molar-refractivity contribution < 1.29 is 28.5 Å². The van der Waals surface area contributed by atoms with Crippen molar-refractivity contribution in [3.05, 3.63) is 53.1 Å². The molecule has 2 unspecified atom stereocenters. The monoisotopic (exact) mass is 732 g/mol. The number of aromatic nitrogens is 4. The lowest BCUT2D eigenvalue weighted by Crippen LogP contribution is -2.49. The number of rotatable bonds is 12. The highest BCUT2D eigenvalue weighted by Crippen LogP contribution is 2.39. The fourth-order valence-corrected chi connectivity index (χ4v) is 8.68. The summed E-state index contributed by atoms with van der Waals surface area (Å²) in [4.78, 5) is 22.0. The van der Waals surface area contributed by atoms with Crippen LogP contribution in [0.25, 0.3) is 33.5 Å². The summed E-state index contributed by atoms with van der Waals surface area (Å²) in [6.07, 6.45) is 5.23. The van der Waals surface area contributed by atoms with Crippen molar-refractivity contribution in [1.29, 1.82) is 0 Å². The molecule has 0 saturated carbocycles. The minimum Gasteiger partial charge on any atom is -0.494 e. The smallest absolute Gasteiger partial charge is 0.407 e. The number of benzene rings is 2. The van der Waals surface area contributed by atoms with Crippen molar-refractivity contribution in [2.24, 2.45) is 0 Å². The van der Waals surface area contributed by atoms with Crippen molar-refractivity contribution in [1.82, 2.24) is 29.1 Å². The predicted molar refractivity (Wildman–Crippen MR) is 202 cm³/mol. The van der Waals surface area contributed by atoms with Crippen LogP contribution in [0.5, 0.6) is 5.75 Å². The van der Waals surface area contributed by atoms with Gasteiger partial charge in [0.05, 0.1) is 36.6 Å². The van der Waals surface area contributed by atoms with Crippen LogP contribution >= 0.6 is 0 Å². The minimum atomic E-state index is -1.34. The molecule has 3 aliphatic rings. The molecule has 0 bridgehead atoms. The Bertz CT molecular complexity index is 1910. The molecule has 280 valence electrons. The minimum absolute atomic E-state index is 0.183. The fraction of sp³-hybridized carbons (Fsp3) is 0.564. The summed E-state index contributed by atoms with van der Waals surface area (Å²) in [6.45, 7) is 13.5. The summed E-state index contributed by atoms with van der Waals surface area (Å²) in [5.41, 5.74) is 6.03. The van der Waals surface area contributed by atoms with Gasteiger partial charge in [0, 0.05) is 39.6 Å². The average Bonchev–Trinajstić information content (AvgIpc) is 3.87. The molecule has 11 nitrogen and oxygen atoms in total. The van der Waals surface area contributed by atoms with Crippen LogP contribution in [0.2, 0.25) is 25.7 Å². The Morgan fingerprint density at radius 1 is 1.12 bits per heavy atom. The standard InChI is InChI=1S/C39H53FN6O5Si/c1-6-26-20-35(49-2)31(40)22-30(26)27-12-13-29-33(19-27)46(36-11-7-10-16-51-36)42-37(29)38-41-32-21-28(23-43-14-8-9-15-43)44(39(47)48)24-34(32)45(38)25-50-17-18-52(3,4)5/h12-13,19-20,22,28,36H,6-11,14-18,21,23-25H2,1-5H3,(H,47,48). The molecule has 2 atom stereocenters. The lowest BCUT2D eigenvalue weighted by atomic mass is 9.96. The van der Waals surface area contributed by atoms with Crippen molar-refractivity contribution in [3.8, 4) is 28.4 Å². The maximum atomic E-state index is 15.1. The van der Waals surface area contributed by atoms with Gasteiger partial charge in [-0.25, -0.2) is 18.9 Å². The SMILES string of the molecule is CCc1cc(OC)c(F)cc1-c1ccc2c(-c3nc4c(n3COCC[Si](C)(C)C)CN(C(=O)O)C(CN3CCCC3)C4)nn(C3CCCCO3)c2c1. The van der Waals surface area contributed by atoms with Gasteiger partial charge in [0.1, 0.15) is 12.4 Å². The number of nitrogens with zero attached hydrogens (tertiary/aromatic N) is 6. The Morgan fingerprint density at radius 2 is 1.92 bits per heavy atom. The van der Waals surface area contributed by atoms with E-state index in [4.69, 9.17) is 24.3 Å². The molecule has 2 aromatic heterocycles. The summed E-state index contributed by atoms with van der Waals surface area (Å²) in [7, 11) is 0.145. The maximum Gasteiger partial charge on any atom is 0.407 e. The number of amides is 1. The predicted octanol–water partition coefficient (Wildman–Crippen LogP) is 7.79. The van der Waals surface area contributed by atoms with Crippen LogP contribution < -0.4 is 4.74 Å².